The number of ether oxygens (including phenoxy) is 1. The van der Waals surface area contributed by atoms with Crippen LogP contribution in [0.25, 0.3) is 0 Å². The Morgan fingerprint density at radius 1 is 1.23 bits per heavy atom. The van der Waals surface area contributed by atoms with Crippen molar-refractivity contribution in [2.24, 2.45) is 0 Å². The molecule has 4 nitrogen and oxygen atoms in total. The van der Waals surface area contributed by atoms with Gasteiger partial charge in [0.05, 0.1) is 12.7 Å². The van der Waals surface area contributed by atoms with Gasteiger partial charge in [-0.25, -0.2) is 0 Å². The van der Waals surface area contributed by atoms with E-state index < -0.39 is 0 Å². The minimum Gasteiger partial charge on any atom is -0.496 e. The van der Waals surface area contributed by atoms with Crippen LogP contribution in [-0.4, -0.2) is 37.0 Å². The van der Waals surface area contributed by atoms with Crippen LogP contribution in [0.1, 0.15) is 34.3 Å². The maximum atomic E-state index is 12.6. The Balaban J connectivity index is 1.53. The normalized spacial score (nSPS) is 15.7. The monoisotopic (exact) mass is 372 g/mol. The molecule has 5 heteroatoms. The lowest BCUT2D eigenvalue weighted by Crippen LogP contribution is -2.44. The molecule has 1 amide bonds. The number of benzene rings is 2. The number of carbonyl (C=O) groups is 1. The minimum atomic E-state index is -0.101. The SMILES string of the molecule is COc1cc(Cl)ccc1C(=O)NC1CCN(Cc2cccc(C)c2)CC1. The van der Waals surface area contributed by atoms with Crippen LogP contribution in [-0.2, 0) is 6.54 Å². The number of likely N-dealkylation sites (tertiary alicyclic amines) is 1. The molecule has 0 unspecified atom stereocenters. The quantitative estimate of drug-likeness (QED) is 0.860. The van der Waals surface area contributed by atoms with Crippen LogP contribution in [0.15, 0.2) is 42.5 Å². The molecule has 0 atom stereocenters. The molecule has 1 aliphatic heterocycles. The van der Waals surface area contributed by atoms with Gasteiger partial charge in [-0.2, -0.15) is 0 Å². The number of methoxy groups -OCH3 is 1. The van der Waals surface area contributed by atoms with E-state index in [1.165, 1.54) is 11.1 Å². The third-order valence-corrected chi connectivity index (χ3v) is 5.05. The number of rotatable bonds is 5. The second-order valence-electron chi connectivity index (χ2n) is 6.86. The topological polar surface area (TPSA) is 41.6 Å². The Labute approximate surface area is 160 Å². The molecule has 1 heterocycles. The maximum absolute atomic E-state index is 12.6. The Hall–Kier alpha value is -2.04. The molecule has 0 aromatic heterocycles. The number of piperidine rings is 1. The molecule has 138 valence electrons. The minimum absolute atomic E-state index is 0.101. The highest BCUT2D eigenvalue weighted by atomic mass is 35.5. The van der Waals surface area contributed by atoms with E-state index in [0.717, 1.165) is 32.5 Å². The first-order valence-electron chi connectivity index (χ1n) is 8.97. The fourth-order valence-corrected chi connectivity index (χ4v) is 3.58. The Morgan fingerprint density at radius 3 is 2.69 bits per heavy atom. The largest absolute Gasteiger partial charge is 0.496 e. The highest BCUT2D eigenvalue weighted by Crippen LogP contribution is 2.23. The summed E-state index contributed by atoms with van der Waals surface area (Å²) < 4.78 is 5.28. The summed E-state index contributed by atoms with van der Waals surface area (Å²) in [5.74, 6) is 0.405. The van der Waals surface area contributed by atoms with E-state index in [1.54, 1.807) is 25.3 Å². The van der Waals surface area contributed by atoms with E-state index in [0.29, 0.717) is 16.3 Å². The fourth-order valence-electron chi connectivity index (χ4n) is 3.42. The molecule has 0 spiro atoms. The van der Waals surface area contributed by atoms with Gasteiger partial charge in [0, 0.05) is 30.7 Å². The summed E-state index contributed by atoms with van der Waals surface area (Å²) in [5.41, 5.74) is 3.17. The first-order valence-corrected chi connectivity index (χ1v) is 9.35. The smallest absolute Gasteiger partial charge is 0.255 e. The molecular formula is C21H25ClN2O2. The summed E-state index contributed by atoms with van der Waals surface area (Å²) in [6.45, 7) is 5.05. The number of hydrogen-bond acceptors (Lipinski definition) is 3. The van der Waals surface area contributed by atoms with Gasteiger partial charge in [-0.3, -0.25) is 9.69 Å². The average Bonchev–Trinajstić information content (AvgIpc) is 2.63. The van der Waals surface area contributed by atoms with Gasteiger partial charge in [0.15, 0.2) is 0 Å². The van der Waals surface area contributed by atoms with E-state index in [9.17, 15) is 4.79 Å². The number of amides is 1. The number of halogens is 1. The van der Waals surface area contributed by atoms with Crippen molar-refractivity contribution in [3.63, 3.8) is 0 Å². The second-order valence-corrected chi connectivity index (χ2v) is 7.29. The summed E-state index contributed by atoms with van der Waals surface area (Å²) >= 11 is 5.97. The molecule has 1 fully saturated rings. The molecule has 1 aliphatic rings. The predicted molar refractivity (Wildman–Crippen MR) is 105 cm³/mol. The molecule has 1 saturated heterocycles. The number of aryl methyl sites for hydroxylation is 1. The molecule has 0 radical (unpaired) electrons. The first-order chi connectivity index (χ1) is 12.5. The van der Waals surface area contributed by atoms with Gasteiger partial charge in [0.2, 0.25) is 0 Å². The molecule has 0 bridgehead atoms. The highest BCUT2D eigenvalue weighted by molar-refractivity contribution is 6.30. The zero-order valence-corrected chi connectivity index (χ0v) is 16.1. The zero-order valence-electron chi connectivity index (χ0n) is 15.3. The Kier molecular flexibility index (Phi) is 6.17. The average molecular weight is 373 g/mol. The van der Waals surface area contributed by atoms with E-state index in [-0.39, 0.29) is 11.9 Å². The van der Waals surface area contributed by atoms with Gasteiger partial charge in [-0.1, -0.05) is 41.4 Å². The van der Waals surface area contributed by atoms with Crippen molar-refractivity contribution in [1.29, 1.82) is 0 Å². The van der Waals surface area contributed by atoms with E-state index in [1.807, 2.05) is 0 Å². The lowest BCUT2D eigenvalue weighted by molar-refractivity contribution is 0.0906. The molecular weight excluding hydrogens is 348 g/mol. The Bertz CT molecular complexity index is 770. The number of hydrogen-bond donors (Lipinski definition) is 1. The van der Waals surface area contributed by atoms with Crippen LogP contribution in [0, 0.1) is 6.92 Å². The third-order valence-electron chi connectivity index (χ3n) is 4.82. The van der Waals surface area contributed by atoms with Crippen molar-refractivity contribution >= 4 is 17.5 Å². The maximum Gasteiger partial charge on any atom is 0.255 e. The van der Waals surface area contributed by atoms with E-state index in [4.69, 9.17) is 16.3 Å². The standard InChI is InChI=1S/C21H25ClN2O2/c1-15-4-3-5-16(12-15)14-24-10-8-18(9-11-24)23-21(25)19-7-6-17(22)13-20(19)26-2/h3-7,12-13,18H,8-11,14H2,1-2H3,(H,23,25). The van der Waals surface area contributed by atoms with Crippen molar-refractivity contribution in [3.8, 4) is 5.75 Å². The molecule has 0 saturated carbocycles. The van der Waals surface area contributed by atoms with Gasteiger partial charge in [-0.05, 0) is 43.5 Å². The molecule has 26 heavy (non-hydrogen) atoms. The van der Waals surface area contributed by atoms with Crippen LogP contribution >= 0.6 is 11.6 Å². The third kappa shape index (κ3) is 4.77. The number of nitrogens with one attached hydrogen (secondary N) is 1. The summed E-state index contributed by atoms with van der Waals surface area (Å²) in [7, 11) is 1.55. The van der Waals surface area contributed by atoms with Crippen molar-refractivity contribution in [2.45, 2.75) is 32.4 Å². The molecule has 0 aliphatic carbocycles. The molecule has 2 aromatic rings. The molecule has 1 N–H and O–H groups in total. The summed E-state index contributed by atoms with van der Waals surface area (Å²) in [6, 6.07) is 13.9. The van der Waals surface area contributed by atoms with Crippen LogP contribution in [0.4, 0.5) is 0 Å². The Morgan fingerprint density at radius 2 is 2.00 bits per heavy atom. The van der Waals surface area contributed by atoms with E-state index in [2.05, 4.69) is 41.4 Å². The van der Waals surface area contributed by atoms with E-state index >= 15 is 0 Å². The van der Waals surface area contributed by atoms with Gasteiger partial charge in [0.25, 0.3) is 5.91 Å². The van der Waals surface area contributed by atoms with Gasteiger partial charge >= 0.3 is 0 Å². The zero-order chi connectivity index (χ0) is 18.5. The van der Waals surface area contributed by atoms with Gasteiger partial charge in [-0.15, -0.1) is 0 Å². The lowest BCUT2D eigenvalue weighted by atomic mass is 10.0. The van der Waals surface area contributed by atoms with Crippen molar-refractivity contribution in [1.82, 2.24) is 10.2 Å². The summed E-state index contributed by atoms with van der Waals surface area (Å²) in [6.07, 6.45) is 1.90. The van der Waals surface area contributed by atoms with Crippen LogP contribution < -0.4 is 10.1 Å². The van der Waals surface area contributed by atoms with Crippen LogP contribution in [0.2, 0.25) is 5.02 Å². The van der Waals surface area contributed by atoms with Crippen molar-refractivity contribution in [3.05, 3.63) is 64.2 Å². The molecule has 3 rings (SSSR count). The second kappa shape index (κ2) is 8.56. The summed E-state index contributed by atoms with van der Waals surface area (Å²) in [5, 5.41) is 3.69. The van der Waals surface area contributed by atoms with Crippen molar-refractivity contribution in [2.75, 3.05) is 20.2 Å². The van der Waals surface area contributed by atoms with Crippen molar-refractivity contribution < 1.29 is 9.53 Å². The predicted octanol–water partition coefficient (Wildman–Crippen LogP) is 4.05. The van der Waals surface area contributed by atoms with Gasteiger partial charge in [0.1, 0.15) is 5.75 Å². The first kappa shape index (κ1) is 18.7. The number of nitrogens with zero attached hydrogens (tertiary/aromatic N) is 1. The highest BCUT2D eigenvalue weighted by Gasteiger charge is 2.22. The molecule has 2 aromatic carbocycles. The van der Waals surface area contributed by atoms with Crippen LogP contribution in [0.5, 0.6) is 5.75 Å². The van der Waals surface area contributed by atoms with Crippen LogP contribution in [0.3, 0.4) is 0 Å². The number of carbonyl (C=O) groups excluding carboxylic acids is 1. The van der Waals surface area contributed by atoms with Gasteiger partial charge < -0.3 is 10.1 Å². The summed E-state index contributed by atoms with van der Waals surface area (Å²) in [4.78, 5) is 15.0. The lowest BCUT2D eigenvalue weighted by Gasteiger charge is -2.32. The fraction of sp³-hybridized carbons (Fsp3) is 0.381.